The van der Waals surface area contributed by atoms with Crippen LogP contribution in [0.3, 0.4) is 0 Å². The van der Waals surface area contributed by atoms with E-state index in [1.54, 1.807) is 0 Å². The van der Waals surface area contributed by atoms with Crippen LogP contribution in [0.2, 0.25) is 0 Å². The lowest BCUT2D eigenvalue weighted by Crippen LogP contribution is -2.21. The van der Waals surface area contributed by atoms with E-state index < -0.39 is 0 Å². The quantitative estimate of drug-likeness (QED) is 0.317. The standard InChI is InChI=1S/C7H14I2N2/c1-4-11(9)7(10-8)5-6(2)3/h6H,4-5H2,1-3H3/b10-7-. The molecule has 0 aliphatic heterocycles. The summed E-state index contributed by atoms with van der Waals surface area (Å²) in [6, 6.07) is 0. The van der Waals surface area contributed by atoms with E-state index in [1.165, 1.54) is 5.84 Å². The lowest BCUT2D eigenvalue weighted by atomic mass is 10.1. The Morgan fingerprint density at radius 3 is 2.36 bits per heavy atom. The third-order valence-corrected chi connectivity index (χ3v) is 3.04. The summed E-state index contributed by atoms with van der Waals surface area (Å²) < 4.78 is 6.36. The highest BCUT2D eigenvalue weighted by molar-refractivity contribution is 14.1. The van der Waals surface area contributed by atoms with Gasteiger partial charge < -0.3 is 3.11 Å². The molecule has 0 N–H and O–H groups in total. The van der Waals surface area contributed by atoms with E-state index >= 15 is 0 Å². The third-order valence-electron chi connectivity index (χ3n) is 1.25. The van der Waals surface area contributed by atoms with Crippen LogP contribution in [0.4, 0.5) is 0 Å². The molecule has 0 rings (SSSR count). The fourth-order valence-corrected chi connectivity index (χ4v) is 1.90. The minimum atomic E-state index is 0.687. The highest BCUT2D eigenvalue weighted by atomic mass is 127. The second-order valence-electron chi connectivity index (χ2n) is 2.78. The molecule has 0 saturated carbocycles. The lowest BCUT2D eigenvalue weighted by Gasteiger charge is -2.16. The average molecular weight is 380 g/mol. The summed E-state index contributed by atoms with van der Waals surface area (Å²) >= 11 is 4.36. The molecule has 0 amide bonds. The smallest absolute Gasteiger partial charge is 0.120 e. The van der Waals surface area contributed by atoms with Crippen LogP contribution < -0.4 is 0 Å². The van der Waals surface area contributed by atoms with Crippen LogP contribution in [0.1, 0.15) is 27.2 Å². The molecule has 0 radical (unpaired) electrons. The molecular weight excluding hydrogens is 366 g/mol. The predicted molar refractivity (Wildman–Crippen MR) is 67.3 cm³/mol. The first-order valence-electron chi connectivity index (χ1n) is 3.73. The van der Waals surface area contributed by atoms with Crippen LogP contribution in [-0.2, 0) is 0 Å². The largest absolute Gasteiger partial charge is 0.303 e. The van der Waals surface area contributed by atoms with Gasteiger partial charge in [0.05, 0.1) is 45.7 Å². The zero-order valence-corrected chi connectivity index (χ0v) is 11.5. The number of hydrogen-bond donors (Lipinski definition) is 0. The fourth-order valence-electron chi connectivity index (χ4n) is 0.722. The predicted octanol–water partition coefficient (Wildman–Crippen LogP) is 3.45. The van der Waals surface area contributed by atoms with Gasteiger partial charge in [-0.2, -0.15) is 0 Å². The Bertz CT molecular complexity index is 134. The van der Waals surface area contributed by atoms with Gasteiger partial charge in [0, 0.05) is 13.0 Å². The number of rotatable bonds is 3. The van der Waals surface area contributed by atoms with Gasteiger partial charge in [0.15, 0.2) is 0 Å². The molecule has 0 aromatic rings. The number of halogens is 2. The Hall–Kier alpha value is 0.930. The van der Waals surface area contributed by atoms with Crippen molar-refractivity contribution in [2.75, 3.05) is 6.54 Å². The Balaban J connectivity index is 3.97. The number of hydrogen-bond acceptors (Lipinski definition) is 1. The van der Waals surface area contributed by atoms with E-state index in [2.05, 4.69) is 72.8 Å². The van der Waals surface area contributed by atoms with Crippen LogP contribution in [0.15, 0.2) is 3.21 Å². The van der Waals surface area contributed by atoms with Gasteiger partial charge in [-0.3, -0.25) is 0 Å². The zero-order valence-electron chi connectivity index (χ0n) is 7.14. The Morgan fingerprint density at radius 1 is 1.55 bits per heavy atom. The molecule has 66 valence electrons. The fraction of sp³-hybridized carbons (Fsp3) is 0.857. The van der Waals surface area contributed by atoms with Crippen LogP contribution in [0, 0.1) is 5.92 Å². The minimum Gasteiger partial charge on any atom is -0.303 e. The topological polar surface area (TPSA) is 15.6 Å². The monoisotopic (exact) mass is 380 g/mol. The Morgan fingerprint density at radius 2 is 2.09 bits per heavy atom. The van der Waals surface area contributed by atoms with Crippen molar-refractivity contribution < 1.29 is 0 Å². The number of amidine groups is 1. The van der Waals surface area contributed by atoms with Crippen molar-refractivity contribution in [2.24, 2.45) is 9.12 Å². The van der Waals surface area contributed by atoms with Crippen LogP contribution in [-0.4, -0.2) is 15.5 Å². The molecule has 0 spiro atoms. The summed E-state index contributed by atoms with van der Waals surface area (Å²) in [4.78, 5) is 0. The van der Waals surface area contributed by atoms with Crippen molar-refractivity contribution in [3.05, 3.63) is 0 Å². The van der Waals surface area contributed by atoms with Crippen LogP contribution in [0.5, 0.6) is 0 Å². The maximum atomic E-state index is 4.20. The van der Waals surface area contributed by atoms with Crippen molar-refractivity contribution in [3.8, 4) is 0 Å². The van der Waals surface area contributed by atoms with Crippen LogP contribution >= 0.6 is 45.7 Å². The minimum absolute atomic E-state index is 0.687. The van der Waals surface area contributed by atoms with Gasteiger partial charge in [0.1, 0.15) is 5.84 Å². The normalized spacial score (nSPS) is 12.4. The van der Waals surface area contributed by atoms with Gasteiger partial charge in [-0.1, -0.05) is 13.8 Å². The molecule has 0 heterocycles. The SMILES string of the molecule is CCN(I)/C(CC(C)C)=N\I. The van der Waals surface area contributed by atoms with E-state index in [0.29, 0.717) is 5.92 Å². The van der Waals surface area contributed by atoms with E-state index in [0.717, 1.165) is 13.0 Å². The summed E-state index contributed by atoms with van der Waals surface area (Å²) in [5.74, 6) is 1.87. The highest BCUT2D eigenvalue weighted by Crippen LogP contribution is 2.11. The molecule has 4 heteroatoms. The average Bonchev–Trinajstić information content (AvgIpc) is 1.98. The molecule has 0 aromatic carbocycles. The first-order valence-corrected chi connectivity index (χ1v) is 5.65. The van der Waals surface area contributed by atoms with E-state index in [9.17, 15) is 0 Å². The first kappa shape index (κ1) is 11.9. The first-order chi connectivity index (χ1) is 5.11. The Labute approximate surface area is 96.8 Å². The third kappa shape index (κ3) is 5.21. The molecule has 2 nitrogen and oxygen atoms in total. The summed E-state index contributed by atoms with van der Waals surface area (Å²) in [5.41, 5.74) is 0. The molecule has 0 aliphatic carbocycles. The van der Waals surface area contributed by atoms with E-state index in [1.807, 2.05) is 0 Å². The Kier molecular flexibility index (Phi) is 6.99. The van der Waals surface area contributed by atoms with E-state index in [4.69, 9.17) is 0 Å². The molecule has 0 bridgehead atoms. The van der Waals surface area contributed by atoms with Gasteiger partial charge in [0.25, 0.3) is 0 Å². The van der Waals surface area contributed by atoms with Gasteiger partial charge in [0.2, 0.25) is 0 Å². The highest BCUT2D eigenvalue weighted by Gasteiger charge is 2.07. The van der Waals surface area contributed by atoms with Crippen molar-refractivity contribution in [2.45, 2.75) is 27.2 Å². The molecule has 0 atom stereocenters. The molecular formula is C7H14I2N2. The van der Waals surface area contributed by atoms with Crippen LogP contribution in [0.25, 0.3) is 0 Å². The molecule has 0 saturated heterocycles. The molecule has 0 fully saturated rings. The van der Waals surface area contributed by atoms with Crippen molar-refractivity contribution >= 4 is 51.6 Å². The lowest BCUT2D eigenvalue weighted by molar-refractivity contribution is 0.638. The van der Waals surface area contributed by atoms with Crippen molar-refractivity contribution in [1.29, 1.82) is 0 Å². The molecule has 0 unspecified atom stereocenters. The molecule has 0 aliphatic rings. The summed E-state index contributed by atoms with van der Waals surface area (Å²) in [6.07, 6.45) is 1.07. The summed E-state index contributed by atoms with van der Waals surface area (Å²) in [6.45, 7) is 7.58. The van der Waals surface area contributed by atoms with Gasteiger partial charge >= 0.3 is 0 Å². The maximum absolute atomic E-state index is 4.20. The van der Waals surface area contributed by atoms with Crippen molar-refractivity contribution in [1.82, 2.24) is 3.11 Å². The summed E-state index contributed by atoms with van der Waals surface area (Å²) in [5, 5.41) is 0. The molecule has 11 heavy (non-hydrogen) atoms. The molecule has 0 aromatic heterocycles. The second kappa shape index (κ2) is 6.45. The maximum Gasteiger partial charge on any atom is 0.120 e. The van der Waals surface area contributed by atoms with E-state index in [-0.39, 0.29) is 0 Å². The van der Waals surface area contributed by atoms with Crippen molar-refractivity contribution in [3.63, 3.8) is 0 Å². The van der Waals surface area contributed by atoms with Gasteiger partial charge in [-0.25, -0.2) is 3.21 Å². The number of nitrogens with zero attached hydrogens (tertiary/aromatic N) is 2. The summed E-state index contributed by atoms with van der Waals surface area (Å²) in [7, 11) is 0. The van der Waals surface area contributed by atoms with Gasteiger partial charge in [-0.15, -0.1) is 0 Å². The zero-order chi connectivity index (χ0) is 8.85. The second-order valence-corrected chi connectivity index (χ2v) is 4.42. The van der Waals surface area contributed by atoms with Gasteiger partial charge in [-0.05, 0) is 12.8 Å².